The van der Waals surface area contributed by atoms with Gasteiger partial charge in [-0.05, 0) is 37.1 Å². The summed E-state index contributed by atoms with van der Waals surface area (Å²) in [5, 5.41) is 2.75. The van der Waals surface area contributed by atoms with Crippen LogP contribution in [0.15, 0.2) is 30.3 Å². The third-order valence-corrected chi connectivity index (χ3v) is 4.16. The number of halogens is 1. The molecule has 0 aliphatic carbocycles. The number of methoxy groups -OCH3 is 1. The van der Waals surface area contributed by atoms with Gasteiger partial charge in [0.2, 0.25) is 5.91 Å². The number of amides is 1. The van der Waals surface area contributed by atoms with E-state index in [1.807, 2.05) is 12.2 Å². The Hall–Kier alpha value is -1.72. The number of nitrogens with one attached hydrogen (secondary N) is 1. The number of ether oxygens (including phenoxy) is 1. The molecular weight excluding hydrogens is 283 g/mol. The van der Waals surface area contributed by atoms with Crippen molar-refractivity contribution in [1.29, 1.82) is 0 Å². The summed E-state index contributed by atoms with van der Waals surface area (Å²) in [4.78, 5) is 14.5. The molecule has 1 fully saturated rings. The zero-order chi connectivity index (χ0) is 16.0. The summed E-state index contributed by atoms with van der Waals surface area (Å²) >= 11 is 0. The van der Waals surface area contributed by atoms with Crippen molar-refractivity contribution in [3.63, 3.8) is 0 Å². The lowest BCUT2D eigenvalue weighted by Crippen LogP contribution is -2.57. The monoisotopic (exact) mass is 306 g/mol. The van der Waals surface area contributed by atoms with Gasteiger partial charge >= 0.3 is 0 Å². The molecule has 0 aromatic heterocycles. The second-order valence-electron chi connectivity index (χ2n) is 5.55. The van der Waals surface area contributed by atoms with Crippen molar-refractivity contribution in [3.8, 4) is 0 Å². The Kier molecular flexibility index (Phi) is 5.69. The molecule has 22 heavy (non-hydrogen) atoms. The summed E-state index contributed by atoms with van der Waals surface area (Å²) < 4.78 is 18.2. The van der Waals surface area contributed by atoms with Gasteiger partial charge in [0.25, 0.3) is 0 Å². The summed E-state index contributed by atoms with van der Waals surface area (Å²) in [6, 6.07) is 6.35. The van der Waals surface area contributed by atoms with Gasteiger partial charge in [0, 0.05) is 20.7 Å². The van der Waals surface area contributed by atoms with Crippen molar-refractivity contribution in [2.24, 2.45) is 0 Å². The van der Waals surface area contributed by atoms with Crippen molar-refractivity contribution in [3.05, 3.63) is 41.7 Å². The molecule has 0 spiro atoms. The van der Waals surface area contributed by atoms with Crippen molar-refractivity contribution < 1.29 is 13.9 Å². The maximum absolute atomic E-state index is 12.9. The lowest BCUT2D eigenvalue weighted by molar-refractivity contribution is -0.134. The molecule has 0 saturated carbocycles. The van der Waals surface area contributed by atoms with Crippen LogP contribution >= 0.6 is 0 Å². The number of likely N-dealkylation sites (N-methyl/N-ethyl adjacent to an activating group) is 1. The van der Waals surface area contributed by atoms with Crippen LogP contribution in [0.4, 0.5) is 4.39 Å². The molecule has 1 aliphatic heterocycles. The van der Waals surface area contributed by atoms with Crippen LogP contribution in [0.1, 0.15) is 18.4 Å². The first-order valence-corrected chi connectivity index (χ1v) is 7.50. The largest absolute Gasteiger partial charge is 0.382 e. The normalized spacial score (nSPS) is 22.3. The van der Waals surface area contributed by atoms with Gasteiger partial charge in [0.1, 0.15) is 11.4 Å². The standard InChI is InChI=1S/C17H23FN2O2/c1-19-16(21)17(13-22-2)10-4-12-20(17)11-3-5-14-6-8-15(18)9-7-14/h3,5-9H,4,10-13H2,1-2H3,(H,19,21)/b5-3+. The third-order valence-electron chi connectivity index (χ3n) is 4.16. The van der Waals surface area contributed by atoms with Gasteiger partial charge < -0.3 is 10.1 Å². The minimum Gasteiger partial charge on any atom is -0.382 e. The van der Waals surface area contributed by atoms with Crippen LogP contribution < -0.4 is 5.32 Å². The first-order valence-electron chi connectivity index (χ1n) is 7.50. The van der Waals surface area contributed by atoms with E-state index < -0.39 is 5.54 Å². The SMILES string of the molecule is CNC(=O)C1(COC)CCCN1C/C=C/c1ccc(F)cc1. The molecule has 1 N–H and O–H groups in total. The summed E-state index contributed by atoms with van der Waals surface area (Å²) in [6.45, 7) is 1.91. The average molecular weight is 306 g/mol. The van der Waals surface area contributed by atoms with E-state index in [0.29, 0.717) is 13.2 Å². The number of benzene rings is 1. The van der Waals surface area contributed by atoms with E-state index in [4.69, 9.17) is 4.74 Å². The first kappa shape index (κ1) is 16.6. The average Bonchev–Trinajstić information content (AvgIpc) is 2.93. The highest BCUT2D eigenvalue weighted by Gasteiger charge is 2.46. The Morgan fingerprint density at radius 2 is 2.18 bits per heavy atom. The van der Waals surface area contributed by atoms with Gasteiger partial charge in [-0.2, -0.15) is 0 Å². The van der Waals surface area contributed by atoms with Gasteiger partial charge in [0.05, 0.1) is 6.61 Å². The van der Waals surface area contributed by atoms with E-state index in [2.05, 4.69) is 10.2 Å². The van der Waals surface area contributed by atoms with Crippen molar-refractivity contribution in [1.82, 2.24) is 10.2 Å². The fraction of sp³-hybridized carbons (Fsp3) is 0.471. The Morgan fingerprint density at radius 1 is 1.45 bits per heavy atom. The van der Waals surface area contributed by atoms with Crippen LogP contribution in [0.5, 0.6) is 0 Å². The minimum absolute atomic E-state index is 0.00188. The van der Waals surface area contributed by atoms with E-state index >= 15 is 0 Å². The predicted molar refractivity (Wildman–Crippen MR) is 84.9 cm³/mol. The zero-order valence-electron chi connectivity index (χ0n) is 13.1. The molecule has 1 aliphatic rings. The molecule has 120 valence electrons. The molecule has 0 bridgehead atoms. The molecule has 1 aromatic rings. The summed E-state index contributed by atoms with van der Waals surface area (Å²) in [7, 11) is 3.28. The van der Waals surface area contributed by atoms with Gasteiger partial charge in [-0.3, -0.25) is 9.69 Å². The fourth-order valence-corrected chi connectivity index (χ4v) is 3.05. The second kappa shape index (κ2) is 7.51. The molecule has 5 heteroatoms. The smallest absolute Gasteiger partial charge is 0.242 e. The lowest BCUT2D eigenvalue weighted by atomic mass is 9.96. The van der Waals surface area contributed by atoms with Gasteiger partial charge in [0.15, 0.2) is 0 Å². The fourth-order valence-electron chi connectivity index (χ4n) is 3.05. The van der Waals surface area contributed by atoms with Gasteiger partial charge in [-0.25, -0.2) is 4.39 Å². The predicted octanol–water partition coefficient (Wildman–Crippen LogP) is 2.07. The first-order chi connectivity index (χ1) is 10.6. The van der Waals surface area contributed by atoms with Gasteiger partial charge in [-0.1, -0.05) is 24.3 Å². The van der Waals surface area contributed by atoms with E-state index in [-0.39, 0.29) is 11.7 Å². The molecule has 1 atom stereocenters. The van der Waals surface area contributed by atoms with E-state index in [9.17, 15) is 9.18 Å². The Balaban J connectivity index is 2.06. The molecule has 1 heterocycles. The van der Waals surface area contributed by atoms with Crippen LogP contribution in [-0.2, 0) is 9.53 Å². The molecule has 4 nitrogen and oxygen atoms in total. The van der Waals surface area contributed by atoms with Crippen LogP contribution in [0.2, 0.25) is 0 Å². The summed E-state index contributed by atoms with van der Waals surface area (Å²) in [6.07, 6.45) is 5.72. The summed E-state index contributed by atoms with van der Waals surface area (Å²) in [5.74, 6) is -0.238. The molecule has 0 radical (unpaired) electrons. The van der Waals surface area contributed by atoms with E-state index in [1.54, 1.807) is 26.3 Å². The zero-order valence-corrected chi connectivity index (χ0v) is 13.1. The Bertz CT molecular complexity index is 530. The maximum Gasteiger partial charge on any atom is 0.242 e. The number of hydrogen-bond donors (Lipinski definition) is 1. The molecule has 1 unspecified atom stereocenters. The number of nitrogens with zero attached hydrogens (tertiary/aromatic N) is 1. The van der Waals surface area contributed by atoms with Gasteiger partial charge in [-0.15, -0.1) is 0 Å². The Labute approximate surface area is 131 Å². The van der Waals surface area contributed by atoms with E-state index in [1.165, 1.54) is 12.1 Å². The van der Waals surface area contributed by atoms with Crippen LogP contribution in [0.3, 0.4) is 0 Å². The second-order valence-corrected chi connectivity index (χ2v) is 5.55. The van der Waals surface area contributed by atoms with Crippen LogP contribution in [0.25, 0.3) is 6.08 Å². The lowest BCUT2D eigenvalue weighted by Gasteiger charge is -2.35. The summed E-state index contributed by atoms with van der Waals surface area (Å²) in [5.41, 5.74) is 0.356. The topological polar surface area (TPSA) is 41.6 Å². The van der Waals surface area contributed by atoms with Crippen LogP contribution in [0, 0.1) is 5.82 Å². The highest BCUT2D eigenvalue weighted by Crippen LogP contribution is 2.30. The Morgan fingerprint density at radius 3 is 2.82 bits per heavy atom. The third kappa shape index (κ3) is 3.54. The maximum atomic E-state index is 12.9. The van der Waals surface area contributed by atoms with Crippen molar-refractivity contribution in [2.45, 2.75) is 18.4 Å². The van der Waals surface area contributed by atoms with Crippen molar-refractivity contribution in [2.75, 3.05) is 33.9 Å². The number of likely N-dealkylation sites (tertiary alicyclic amines) is 1. The number of carbonyl (C=O) groups excluding carboxylic acids is 1. The highest BCUT2D eigenvalue weighted by molar-refractivity contribution is 5.86. The number of carbonyl (C=O) groups is 1. The van der Waals surface area contributed by atoms with E-state index in [0.717, 1.165) is 24.9 Å². The number of hydrogen-bond acceptors (Lipinski definition) is 3. The highest BCUT2D eigenvalue weighted by atomic mass is 19.1. The quantitative estimate of drug-likeness (QED) is 0.875. The molecule has 1 amide bonds. The molecular formula is C17H23FN2O2. The number of rotatable bonds is 6. The van der Waals surface area contributed by atoms with Crippen molar-refractivity contribution >= 4 is 12.0 Å². The minimum atomic E-state index is -0.587. The van der Waals surface area contributed by atoms with Crippen LogP contribution in [-0.4, -0.2) is 50.2 Å². The molecule has 1 saturated heterocycles. The molecule has 2 rings (SSSR count). The molecule has 1 aromatic carbocycles.